The summed E-state index contributed by atoms with van der Waals surface area (Å²) in [6.45, 7) is 2.46. The van der Waals surface area contributed by atoms with E-state index >= 15 is 0 Å². The highest BCUT2D eigenvalue weighted by Gasteiger charge is 2.61. The van der Waals surface area contributed by atoms with Gasteiger partial charge in [0.25, 0.3) is 0 Å². The van der Waals surface area contributed by atoms with Crippen LogP contribution in [0.3, 0.4) is 0 Å². The second-order valence-corrected chi connectivity index (χ2v) is 5.72. The highest BCUT2D eigenvalue weighted by molar-refractivity contribution is 5.85. The quantitative estimate of drug-likeness (QED) is 0.843. The molecule has 1 fully saturated rings. The van der Waals surface area contributed by atoms with Crippen LogP contribution in [0.25, 0.3) is 0 Å². The largest absolute Gasteiger partial charge is 0.352 e. The Balaban J connectivity index is 1.76. The first kappa shape index (κ1) is 11.7. The lowest BCUT2D eigenvalue weighted by atomic mass is 9.95. The number of nitrogens with one attached hydrogen (secondary N) is 1. The van der Waals surface area contributed by atoms with Crippen molar-refractivity contribution in [3.63, 3.8) is 0 Å². The number of rotatable bonds is 3. The van der Waals surface area contributed by atoms with E-state index in [9.17, 15) is 4.79 Å². The number of amides is 1. The molecule has 0 heterocycles. The average molecular weight is 244 g/mol. The normalized spacial score (nSPS) is 30.0. The summed E-state index contributed by atoms with van der Waals surface area (Å²) in [6.07, 6.45) is 3.25. The maximum atomic E-state index is 12.2. The molecular weight excluding hydrogens is 224 g/mol. The Morgan fingerprint density at radius 1 is 1.56 bits per heavy atom. The molecule has 3 heteroatoms. The molecule has 3 nitrogen and oxygen atoms in total. The molecule has 1 saturated carbocycles. The lowest BCUT2D eigenvalue weighted by Gasteiger charge is -2.14. The summed E-state index contributed by atoms with van der Waals surface area (Å²) in [5.41, 5.74) is 8.53. The third-order valence-electron chi connectivity index (χ3n) is 4.53. The summed E-state index contributed by atoms with van der Waals surface area (Å²) in [4.78, 5) is 12.2. The van der Waals surface area contributed by atoms with Gasteiger partial charge in [-0.25, -0.2) is 0 Å². The van der Waals surface area contributed by atoms with Gasteiger partial charge in [-0.2, -0.15) is 0 Å². The zero-order valence-electron chi connectivity index (χ0n) is 10.8. The summed E-state index contributed by atoms with van der Waals surface area (Å²) in [5.74, 6) is 0.347. The Morgan fingerprint density at radius 3 is 3.11 bits per heavy atom. The number of carbonyl (C=O) groups excluding carboxylic acids is 1. The fourth-order valence-electron chi connectivity index (χ4n) is 3.34. The first-order chi connectivity index (χ1) is 8.67. The summed E-state index contributed by atoms with van der Waals surface area (Å²) in [6, 6.07) is 8.64. The zero-order chi connectivity index (χ0) is 12.8. The van der Waals surface area contributed by atoms with Gasteiger partial charge in [-0.15, -0.1) is 0 Å². The second kappa shape index (κ2) is 4.09. The minimum absolute atomic E-state index is 0.0757. The average Bonchev–Trinajstić information content (AvgIpc) is 3.00. The Labute approximate surface area is 108 Å². The fourth-order valence-corrected chi connectivity index (χ4v) is 3.34. The van der Waals surface area contributed by atoms with E-state index in [1.54, 1.807) is 0 Å². The van der Waals surface area contributed by atoms with Crippen LogP contribution in [0, 0.1) is 5.92 Å². The lowest BCUT2D eigenvalue weighted by molar-refractivity contribution is -0.123. The van der Waals surface area contributed by atoms with Crippen molar-refractivity contribution >= 4 is 5.91 Å². The standard InChI is InChI=1S/C15H20N2O/c1-10(9-16)17-14(18)13-8-15(13)7-6-11-4-2-3-5-12(11)15/h2-5,10,13H,6-9,16H2,1H3,(H,17,18)/t10-,13?,15?/m0/s1. The van der Waals surface area contributed by atoms with Crippen molar-refractivity contribution in [1.29, 1.82) is 0 Å². The van der Waals surface area contributed by atoms with Crippen LogP contribution in [0.2, 0.25) is 0 Å². The van der Waals surface area contributed by atoms with E-state index in [1.165, 1.54) is 11.1 Å². The van der Waals surface area contributed by atoms with Crippen LogP contribution in [0.15, 0.2) is 24.3 Å². The molecule has 2 unspecified atom stereocenters. The van der Waals surface area contributed by atoms with Crippen molar-refractivity contribution in [2.24, 2.45) is 11.7 Å². The highest BCUT2D eigenvalue weighted by atomic mass is 16.2. The van der Waals surface area contributed by atoms with Gasteiger partial charge in [-0.1, -0.05) is 24.3 Å². The van der Waals surface area contributed by atoms with Crippen LogP contribution >= 0.6 is 0 Å². The van der Waals surface area contributed by atoms with Gasteiger partial charge < -0.3 is 11.1 Å². The molecule has 0 aromatic heterocycles. The molecule has 0 bridgehead atoms. The van der Waals surface area contributed by atoms with Gasteiger partial charge in [0.1, 0.15) is 0 Å². The molecule has 1 amide bonds. The first-order valence-corrected chi connectivity index (χ1v) is 6.76. The van der Waals surface area contributed by atoms with Crippen LogP contribution in [0.4, 0.5) is 0 Å². The molecule has 1 aromatic rings. The van der Waals surface area contributed by atoms with Crippen molar-refractivity contribution < 1.29 is 4.79 Å². The van der Waals surface area contributed by atoms with E-state index < -0.39 is 0 Å². The molecule has 0 saturated heterocycles. The van der Waals surface area contributed by atoms with Crippen molar-refractivity contribution in [1.82, 2.24) is 5.32 Å². The minimum Gasteiger partial charge on any atom is -0.352 e. The Morgan fingerprint density at radius 2 is 2.33 bits per heavy atom. The molecular formula is C15H20N2O. The lowest BCUT2D eigenvalue weighted by Crippen LogP contribution is -2.39. The molecule has 96 valence electrons. The van der Waals surface area contributed by atoms with Crippen LogP contribution in [-0.2, 0) is 16.6 Å². The maximum Gasteiger partial charge on any atom is 0.224 e. The molecule has 1 aromatic carbocycles. The minimum atomic E-state index is 0.0757. The zero-order valence-corrected chi connectivity index (χ0v) is 10.8. The molecule has 3 atom stereocenters. The summed E-state index contributed by atoms with van der Waals surface area (Å²) in [7, 11) is 0. The van der Waals surface area contributed by atoms with Crippen molar-refractivity contribution in [3.8, 4) is 0 Å². The third kappa shape index (κ3) is 1.65. The fraction of sp³-hybridized carbons (Fsp3) is 0.533. The van der Waals surface area contributed by atoms with Crippen LogP contribution < -0.4 is 11.1 Å². The molecule has 0 aliphatic heterocycles. The van der Waals surface area contributed by atoms with Crippen LogP contribution in [-0.4, -0.2) is 18.5 Å². The summed E-state index contributed by atoms with van der Waals surface area (Å²) in [5, 5.41) is 3.01. The van der Waals surface area contributed by atoms with Crippen LogP contribution in [0.1, 0.15) is 30.9 Å². The predicted molar refractivity (Wildman–Crippen MR) is 71.2 cm³/mol. The summed E-state index contributed by atoms with van der Waals surface area (Å²) >= 11 is 0. The van der Waals surface area contributed by atoms with E-state index in [2.05, 4.69) is 29.6 Å². The van der Waals surface area contributed by atoms with Gasteiger partial charge in [0.2, 0.25) is 5.91 Å². The van der Waals surface area contributed by atoms with Gasteiger partial charge in [-0.05, 0) is 37.3 Å². The number of fused-ring (bicyclic) bond motifs is 2. The first-order valence-electron chi connectivity index (χ1n) is 6.76. The van der Waals surface area contributed by atoms with Gasteiger partial charge in [0, 0.05) is 23.9 Å². The van der Waals surface area contributed by atoms with E-state index in [0.717, 1.165) is 19.3 Å². The van der Waals surface area contributed by atoms with E-state index in [0.29, 0.717) is 6.54 Å². The third-order valence-corrected chi connectivity index (χ3v) is 4.53. The molecule has 0 radical (unpaired) electrons. The SMILES string of the molecule is C[C@@H](CN)NC(=O)C1CC12CCc1ccccc12. The highest BCUT2D eigenvalue weighted by Crippen LogP contribution is 2.61. The smallest absolute Gasteiger partial charge is 0.224 e. The number of aryl methyl sites for hydroxylation is 1. The van der Waals surface area contributed by atoms with Gasteiger partial charge in [0.05, 0.1) is 0 Å². The molecule has 2 aliphatic rings. The molecule has 3 N–H and O–H groups in total. The molecule has 18 heavy (non-hydrogen) atoms. The molecule has 3 rings (SSSR count). The number of benzene rings is 1. The number of carbonyl (C=O) groups is 1. The Kier molecular flexibility index (Phi) is 2.67. The van der Waals surface area contributed by atoms with Crippen LogP contribution in [0.5, 0.6) is 0 Å². The van der Waals surface area contributed by atoms with Crippen molar-refractivity contribution in [2.45, 2.75) is 37.6 Å². The topological polar surface area (TPSA) is 55.1 Å². The number of hydrogen-bond donors (Lipinski definition) is 2. The Bertz CT molecular complexity index is 485. The monoisotopic (exact) mass is 244 g/mol. The van der Waals surface area contributed by atoms with E-state index in [1.807, 2.05) is 6.92 Å². The second-order valence-electron chi connectivity index (χ2n) is 5.72. The maximum absolute atomic E-state index is 12.2. The van der Waals surface area contributed by atoms with E-state index in [-0.39, 0.29) is 23.3 Å². The molecule has 1 spiro atoms. The Hall–Kier alpha value is -1.35. The number of hydrogen-bond acceptors (Lipinski definition) is 2. The van der Waals surface area contributed by atoms with Gasteiger partial charge in [0.15, 0.2) is 0 Å². The van der Waals surface area contributed by atoms with Crippen molar-refractivity contribution in [3.05, 3.63) is 35.4 Å². The summed E-state index contributed by atoms with van der Waals surface area (Å²) < 4.78 is 0. The van der Waals surface area contributed by atoms with Gasteiger partial charge >= 0.3 is 0 Å². The van der Waals surface area contributed by atoms with E-state index in [4.69, 9.17) is 5.73 Å². The van der Waals surface area contributed by atoms with Gasteiger partial charge in [-0.3, -0.25) is 4.79 Å². The van der Waals surface area contributed by atoms with Crippen molar-refractivity contribution in [2.75, 3.05) is 6.54 Å². The predicted octanol–water partition coefficient (Wildman–Crippen LogP) is 1.35. The molecule has 2 aliphatic carbocycles. The number of nitrogens with two attached hydrogens (primary N) is 1.